The van der Waals surface area contributed by atoms with Gasteiger partial charge < -0.3 is 5.32 Å². The molecule has 0 saturated heterocycles. The van der Waals surface area contributed by atoms with Crippen LogP contribution in [0, 0.1) is 6.92 Å². The Kier molecular flexibility index (Phi) is 4.00. The smallest absolute Gasteiger partial charge is 0.236 e. The van der Waals surface area contributed by atoms with E-state index in [2.05, 4.69) is 49.3 Å². The molecule has 0 aliphatic carbocycles. The van der Waals surface area contributed by atoms with E-state index in [0.717, 1.165) is 34.9 Å². The number of fused-ring (bicyclic) bond motifs is 3. The van der Waals surface area contributed by atoms with Crippen LogP contribution in [0.4, 0.5) is 5.82 Å². The van der Waals surface area contributed by atoms with Crippen molar-refractivity contribution in [2.24, 2.45) is 0 Å². The van der Waals surface area contributed by atoms with Crippen molar-refractivity contribution in [1.82, 2.24) is 14.4 Å². The average molecular weight is 331 g/mol. The van der Waals surface area contributed by atoms with E-state index >= 15 is 0 Å². The molecule has 4 rings (SSSR count). The molecular formula is C16H15ClN4S. The zero-order chi connectivity index (χ0) is 14.2. The third kappa shape index (κ3) is 2.53. The van der Waals surface area contributed by atoms with Gasteiger partial charge in [-0.1, -0.05) is 18.2 Å². The van der Waals surface area contributed by atoms with Gasteiger partial charge in [0.05, 0.1) is 17.6 Å². The minimum absolute atomic E-state index is 0. The summed E-state index contributed by atoms with van der Waals surface area (Å²) in [6, 6.07) is 14.4. The molecule has 0 atom stereocenters. The number of nitrogens with zero attached hydrogens (tertiary/aromatic N) is 3. The summed E-state index contributed by atoms with van der Waals surface area (Å²) in [7, 11) is 0. The van der Waals surface area contributed by atoms with Crippen LogP contribution < -0.4 is 5.32 Å². The van der Waals surface area contributed by atoms with E-state index in [0.29, 0.717) is 0 Å². The Morgan fingerprint density at radius 3 is 2.82 bits per heavy atom. The Balaban J connectivity index is 0.00000144. The zero-order valence-corrected chi connectivity index (χ0v) is 13.6. The second-order valence-corrected chi connectivity index (χ2v) is 5.98. The normalized spacial score (nSPS) is 10.8. The van der Waals surface area contributed by atoms with Crippen molar-refractivity contribution >= 4 is 46.4 Å². The van der Waals surface area contributed by atoms with Crippen LogP contribution in [0.25, 0.3) is 16.8 Å². The topological polar surface area (TPSA) is 42.2 Å². The van der Waals surface area contributed by atoms with E-state index in [-0.39, 0.29) is 12.4 Å². The predicted octanol–water partition coefficient (Wildman–Crippen LogP) is 4.29. The molecule has 0 radical (unpaired) electrons. The summed E-state index contributed by atoms with van der Waals surface area (Å²) in [5.41, 5.74) is 3.01. The predicted molar refractivity (Wildman–Crippen MR) is 94.1 cm³/mol. The first kappa shape index (κ1) is 14.8. The van der Waals surface area contributed by atoms with Crippen molar-refractivity contribution in [3.8, 4) is 0 Å². The summed E-state index contributed by atoms with van der Waals surface area (Å²) in [4.78, 5) is 10.4. The maximum absolute atomic E-state index is 4.60. The number of anilines is 1. The summed E-state index contributed by atoms with van der Waals surface area (Å²) in [5, 5.41) is 5.60. The Morgan fingerprint density at radius 2 is 2.00 bits per heavy atom. The largest absolute Gasteiger partial charge is 0.366 e. The summed E-state index contributed by atoms with van der Waals surface area (Å²) in [5.74, 6) is 1.77. The van der Waals surface area contributed by atoms with Crippen molar-refractivity contribution in [3.63, 3.8) is 0 Å². The van der Waals surface area contributed by atoms with Crippen LogP contribution in [0.5, 0.6) is 0 Å². The number of rotatable bonds is 3. The van der Waals surface area contributed by atoms with Gasteiger partial charge >= 0.3 is 0 Å². The Morgan fingerprint density at radius 1 is 1.14 bits per heavy atom. The second kappa shape index (κ2) is 5.94. The number of benzene rings is 1. The van der Waals surface area contributed by atoms with Crippen LogP contribution in [-0.4, -0.2) is 14.4 Å². The fourth-order valence-electron chi connectivity index (χ4n) is 2.50. The van der Waals surface area contributed by atoms with Crippen LogP contribution in [0.15, 0.2) is 47.8 Å². The molecule has 1 aromatic carbocycles. The summed E-state index contributed by atoms with van der Waals surface area (Å²) < 4.78 is 2.08. The van der Waals surface area contributed by atoms with E-state index < -0.39 is 0 Å². The van der Waals surface area contributed by atoms with E-state index in [1.165, 1.54) is 4.88 Å². The number of halogens is 1. The lowest BCUT2D eigenvalue weighted by Gasteiger charge is -2.09. The van der Waals surface area contributed by atoms with Gasteiger partial charge in [0, 0.05) is 16.6 Å². The number of imidazole rings is 1. The van der Waals surface area contributed by atoms with Crippen molar-refractivity contribution < 1.29 is 0 Å². The van der Waals surface area contributed by atoms with E-state index in [1.54, 1.807) is 11.3 Å². The number of nitrogens with one attached hydrogen (secondary N) is 1. The lowest BCUT2D eigenvalue weighted by Crippen LogP contribution is -2.05. The number of aryl methyl sites for hydroxylation is 1. The molecular weight excluding hydrogens is 316 g/mol. The van der Waals surface area contributed by atoms with Gasteiger partial charge in [-0.25, -0.2) is 9.97 Å². The molecule has 0 bridgehead atoms. The van der Waals surface area contributed by atoms with Gasteiger partial charge in [-0.15, -0.1) is 23.7 Å². The Labute approximate surface area is 138 Å². The standard InChI is InChI=1S/C16H14N4S.ClH/c1-11-9-15(17-10-12-5-4-8-21-12)20-14-7-3-2-6-13(14)19-16(20)18-11;/h2-9,17H,10H2,1H3;1H. The quantitative estimate of drug-likeness (QED) is 0.609. The van der Waals surface area contributed by atoms with Gasteiger partial charge in [0.25, 0.3) is 0 Å². The maximum atomic E-state index is 4.60. The van der Waals surface area contributed by atoms with E-state index in [1.807, 2.05) is 25.1 Å². The van der Waals surface area contributed by atoms with Crippen LogP contribution in [0.1, 0.15) is 10.6 Å². The average Bonchev–Trinajstić information content (AvgIpc) is 3.11. The molecule has 3 aromatic heterocycles. The highest BCUT2D eigenvalue weighted by atomic mass is 35.5. The molecule has 0 saturated carbocycles. The number of hydrogen-bond donors (Lipinski definition) is 1. The van der Waals surface area contributed by atoms with Crippen LogP contribution in [0.2, 0.25) is 0 Å². The second-order valence-electron chi connectivity index (χ2n) is 4.95. The van der Waals surface area contributed by atoms with E-state index in [4.69, 9.17) is 0 Å². The van der Waals surface area contributed by atoms with Gasteiger partial charge in [0.1, 0.15) is 5.82 Å². The molecule has 0 aliphatic heterocycles. The molecule has 6 heteroatoms. The number of aromatic nitrogens is 3. The first-order valence-corrected chi connectivity index (χ1v) is 7.70. The van der Waals surface area contributed by atoms with Crippen molar-refractivity contribution in [2.75, 3.05) is 5.32 Å². The lowest BCUT2D eigenvalue weighted by atomic mass is 10.3. The third-order valence-corrected chi connectivity index (χ3v) is 4.31. The minimum atomic E-state index is 0. The monoisotopic (exact) mass is 330 g/mol. The summed E-state index contributed by atoms with van der Waals surface area (Å²) in [6.45, 7) is 2.80. The van der Waals surface area contributed by atoms with Crippen LogP contribution in [0.3, 0.4) is 0 Å². The van der Waals surface area contributed by atoms with Gasteiger partial charge in [0.2, 0.25) is 5.78 Å². The Bertz CT molecular complexity index is 915. The SMILES string of the molecule is Cc1cc(NCc2cccs2)n2c(n1)nc1ccccc12.Cl. The molecule has 0 unspecified atom stereocenters. The number of thiophene rings is 1. The van der Waals surface area contributed by atoms with Gasteiger partial charge in [-0.05, 0) is 30.5 Å². The summed E-state index contributed by atoms with van der Waals surface area (Å²) in [6.07, 6.45) is 0. The van der Waals surface area contributed by atoms with Gasteiger partial charge in [0.15, 0.2) is 0 Å². The molecule has 22 heavy (non-hydrogen) atoms. The van der Waals surface area contributed by atoms with Crippen molar-refractivity contribution in [2.45, 2.75) is 13.5 Å². The van der Waals surface area contributed by atoms with Gasteiger partial charge in [-0.3, -0.25) is 4.40 Å². The molecule has 0 aliphatic rings. The highest BCUT2D eigenvalue weighted by Crippen LogP contribution is 2.22. The molecule has 0 amide bonds. The zero-order valence-electron chi connectivity index (χ0n) is 12.0. The molecule has 0 fully saturated rings. The maximum Gasteiger partial charge on any atom is 0.236 e. The first-order valence-electron chi connectivity index (χ1n) is 6.82. The first-order chi connectivity index (χ1) is 10.3. The molecule has 4 nitrogen and oxygen atoms in total. The molecule has 3 heterocycles. The third-order valence-electron chi connectivity index (χ3n) is 3.43. The number of hydrogen-bond acceptors (Lipinski definition) is 4. The molecule has 4 aromatic rings. The highest BCUT2D eigenvalue weighted by Gasteiger charge is 2.10. The van der Waals surface area contributed by atoms with Gasteiger partial charge in [-0.2, -0.15) is 0 Å². The fourth-order valence-corrected chi connectivity index (χ4v) is 3.14. The lowest BCUT2D eigenvalue weighted by molar-refractivity contribution is 1.05. The van der Waals surface area contributed by atoms with Crippen molar-refractivity contribution in [3.05, 3.63) is 58.4 Å². The minimum Gasteiger partial charge on any atom is -0.366 e. The molecule has 0 spiro atoms. The number of para-hydroxylation sites is 2. The summed E-state index contributed by atoms with van der Waals surface area (Å²) >= 11 is 1.75. The van der Waals surface area contributed by atoms with Crippen LogP contribution in [-0.2, 0) is 6.54 Å². The molecule has 112 valence electrons. The van der Waals surface area contributed by atoms with Crippen LogP contribution >= 0.6 is 23.7 Å². The Hall–Kier alpha value is -2.11. The fraction of sp³-hybridized carbons (Fsp3) is 0.125. The molecule has 1 N–H and O–H groups in total. The highest BCUT2D eigenvalue weighted by molar-refractivity contribution is 7.09. The van der Waals surface area contributed by atoms with Crippen molar-refractivity contribution in [1.29, 1.82) is 0 Å². The van der Waals surface area contributed by atoms with E-state index in [9.17, 15) is 0 Å².